The highest BCUT2D eigenvalue weighted by Crippen LogP contribution is 2.28. The molecule has 2 N–H and O–H groups in total. The second-order valence-corrected chi connectivity index (χ2v) is 4.56. The van der Waals surface area contributed by atoms with E-state index in [1.165, 1.54) is 10.9 Å². The van der Waals surface area contributed by atoms with Crippen molar-refractivity contribution in [3.8, 4) is 0 Å². The molecule has 0 aliphatic carbocycles. The molecular weight excluding hydrogens is 311 g/mol. The molecule has 1 aromatic heterocycles. The van der Waals surface area contributed by atoms with Crippen LogP contribution in [0.25, 0.3) is 0 Å². The van der Waals surface area contributed by atoms with Crippen molar-refractivity contribution in [3.05, 3.63) is 46.2 Å². The van der Waals surface area contributed by atoms with Crippen LogP contribution >= 0.6 is 15.9 Å². The molecule has 1 heterocycles. The Kier molecular flexibility index (Phi) is 3.34. The first-order valence-electron chi connectivity index (χ1n) is 5.01. The molecule has 0 amide bonds. The molecule has 0 fully saturated rings. The van der Waals surface area contributed by atoms with E-state index in [1.54, 1.807) is 18.2 Å². The van der Waals surface area contributed by atoms with E-state index in [-0.39, 0.29) is 6.54 Å². The van der Waals surface area contributed by atoms with Gasteiger partial charge in [-0.3, -0.25) is 4.68 Å². The predicted octanol–water partition coefficient (Wildman–Crippen LogP) is 3.29. The lowest BCUT2D eigenvalue weighted by atomic mass is 10.2. The van der Waals surface area contributed by atoms with Crippen molar-refractivity contribution in [3.63, 3.8) is 0 Å². The van der Waals surface area contributed by atoms with E-state index in [4.69, 9.17) is 5.73 Å². The molecule has 0 atom stereocenters. The van der Waals surface area contributed by atoms with Gasteiger partial charge in [-0.05, 0) is 18.2 Å². The summed E-state index contributed by atoms with van der Waals surface area (Å²) in [5.41, 5.74) is 6.07. The van der Waals surface area contributed by atoms with Crippen LogP contribution in [-0.2, 0) is 12.7 Å². The van der Waals surface area contributed by atoms with E-state index >= 15 is 0 Å². The van der Waals surface area contributed by atoms with Gasteiger partial charge in [-0.1, -0.05) is 22.0 Å². The Morgan fingerprint density at radius 1 is 1.28 bits per heavy atom. The molecule has 7 heteroatoms. The van der Waals surface area contributed by atoms with Gasteiger partial charge in [0.2, 0.25) is 0 Å². The number of nitrogens with zero attached hydrogens (tertiary/aromatic N) is 2. The fourth-order valence-electron chi connectivity index (χ4n) is 1.51. The third-order valence-corrected chi connectivity index (χ3v) is 3.15. The summed E-state index contributed by atoms with van der Waals surface area (Å²) >= 11 is 3.31. The number of nitrogen functional groups attached to an aromatic ring is 1. The number of hydrogen-bond donors (Lipinski definition) is 1. The molecule has 0 saturated carbocycles. The molecule has 18 heavy (non-hydrogen) atoms. The van der Waals surface area contributed by atoms with E-state index in [9.17, 15) is 13.2 Å². The Morgan fingerprint density at radius 3 is 2.56 bits per heavy atom. The van der Waals surface area contributed by atoms with Crippen molar-refractivity contribution in [2.75, 3.05) is 5.73 Å². The number of rotatable bonds is 2. The van der Waals surface area contributed by atoms with Crippen LogP contribution in [0, 0.1) is 0 Å². The average Bonchev–Trinajstić information content (AvgIpc) is 2.72. The summed E-state index contributed by atoms with van der Waals surface area (Å²) in [7, 11) is 0. The van der Waals surface area contributed by atoms with E-state index < -0.39 is 11.9 Å². The molecule has 2 rings (SSSR count). The molecule has 2 aromatic rings. The summed E-state index contributed by atoms with van der Waals surface area (Å²) < 4.78 is 39.1. The summed E-state index contributed by atoms with van der Waals surface area (Å²) in [6.45, 7) is 0.184. The second-order valence-electron chi connectivity index (χ2n) is 3.70. The number of anilines is 1. The Balaban J connectivity index is 2.27. The highest BCUT2D eigenvalue weighted by atomic mass is 79.9. The molecule has 1 aromatic carbocycles. The monoisotopic (exact) mass is 319 g/mol. The number of halogens is 4. The fourth-order valence-corrected chi connectivity index (χ4v) is 2.01. The van der Waals surface area contributed by atoms with Gasteiger partial charge in [0.1, 0.15) is 0 Å². The number of alkyl halides is 3. The second kappa shape index (κ2) is 4.64. The van der Waals surface area contributed by atoms with E-state index in [1.807, 2.05) is 0 Å². The summed E-state index contributed by atoms with van der Waals surface area (Å²) in [6.07, 6.45) is -3.15. The molecule has 0 saturated heterocycles. The Hall–Kier alpha value is -1.50. The van der Waals surface area contributed by atoms with Crippen LogP contribution in [0.1, 0.15) is 11.3 Å². The smallest absolute Gasteiger partial charge is 0.398 e. The van der Waals surface area contributed by atoms with E-state index in [2.05, 4.69) is 21.0 Å². The topological polar surface area (TPSA) is 43.8 Å². The van der Waals surface area contributed by atoms with Gasteiger partial charge in [0.05, 0.1) is 6.54 Å². The van der Waals surface area contributed by atoms with Crippen LogP contribution in [0.2, 0.25) is 0 Å². The zero-order valence-electron chi connectivity index (χ0n) is 9.08. The highest BCUT2D eigenvalue weighted by Gasteiger charge is 2.33. The average molecular weight is 320 g/mol. The van der Waals surface area contributed by atoms with Gasteiger partial charge in [-0.25, -0.2) is 0 Å². The van der Waals surface area contributed by atoms with Gasteiger partial charge in [0.15, 0.2) is 5.69 Å². The minimum Gasteiger partial charge on any atom is -0.398 e. The fraction of sp³-hybridized carbons (Fsp3) is 0.182. The zero-order valence-corrected chi connectivity index (χ0v) is 10.7. The van der Waals surface area contributed by atoms with Crippen LogP contribution in [0.5, 0.6) is 0 Å². The van der Waals surface area contributed by atoms with Crippen molar-refractivity contribution in [1.29, 1.82) is 0 Å². The SMILES string of the molecule is Nc1cccc(Br)c1Cn1ccc(C(F)(F)F)n1. The third kappa shape index (κ3) is 2.66. The van der Waals surface area contributed by atoms with Crippen LogP contribution < -0.4 is 5.73 Å². The van der Waals surface area contributed by atoms with Gasteiger partial charge in [-0.2, -0.15) is 18.3 Å². The molecule has 0 aliphatic heterocycles. The van der Waals surface area contributed by atoms with Crippen LogP contribution in [0.15, 0.2) is 34.9 Å². The maximum atomic E-state index is 12.4. The standard InChI is InChI=1S/C11H9BrF3N3/c12-8-2-1-3-9(16)7(8)6-18-5-4-10(17-18)11(13,14)15/h1-5H,6,16H2. The summed E-state index contributed by atoms with van der Waals surface area (Å²) in [6, 6.07) is 6.16. The molecular formula is C11H9BrF3N3. The first-order valence-corrected chi connectivity index (χ1v) is 5.81. The molecule has 0 bridgehead atoms. The van der Waals surface area contributed by atoms with E-state index in [0.717, 1.165) is 10.5 Å². The molecule has 0 unspecified atom stereocenters. The molecule has 0 radical (unpaired) electrons. The summed E-state index contributed by atoms with van der Waals surface area (Å²) in [5, 5.41) is 3.47. The maximum absolute atomic E-state index is 12.4. The lowest BCUT2D eigenvalue weighted by Crippen LogP contribution is -2.09. The largest absolute Gasteiger partial charge is 0.435 e. The van der Waals surface area contributed by atoms with Crippen LogP contribution in [-0.4, -0.2) is 9.78 Å². The van der Waals surface area contributed by atoms with Crippen molar-refractivity contribution in [2.45, 2.75) is 12.7 Å². The summed E-state index contributed by atoms with van der Waals surface area (Å²) in [4.78, 5) is 0. The van der Waals surface area contributed by atoms with Gasteiger partial charge in [0.25, 0.3) is 0 Å². The van der Waals surface area contributed by atoms with Crippen molar-refractivity contribution in [2.24, 2.45) is 0 Å². The van der Waals surface area contributed by atoms with Gasteiger partial charge in [-0.15, -0.1) is 0 Å². The number of aromatic nitrogens is 2. The normalized spacial score (nSPS) is 11.8. The van der Waals surface area contributed by atoms with Crippen LogP contribution in [0.4, 0.5) is 18.9 Å². The van der Waals surface area contributed by atoms with Crippen LogP contribution in [0.3, 0.4) is 0 Å². The number of benzene rings is 1. The molecule has 96 valence electrons. The Bertz CT molecular complexity index is 543. The predicted molar refractivity (Wildman–Crippen MR) is 64.9 cm³/mol. The van der Waals surface area contributed by atoms with Gasteiger partial charge >= 0.3 is 6.18 Å². The molecule has 0 spiro atoms. The molecule has 0 aliphatic rings. The third-order valence-electron chi connectivity index (χ3n) is 2.41. The lowest BCUT2D eigenvalue weighted by molar-refractivity contribution is -0.141. The zero-order chi connectivity index (χ0) is 13.3. The Morgan fingerprint density at radius 2 is 2.00 bits per heavy atom. The van der Waals surface area contributed by atoms with Crippen molar-refractivity contribution in [1.82, 2.24) is 9.78 Å². The molecule has 3 nitrogen and oxygen atoms in total. The highest BCUT2D eigenvalue weighted by molar-refractivity contribution is 9.10. The Labute approximate surface area is 110 Å². The quantitative estimate of drug-likeness (QED) is 0.863. The summed E-state index contributed by atoms with van der Waals surface area (Å²) in [5.74, 6) is 0. The minimum atomic E-state index is -4.43. The van der Waals surface area contributed by atoms with Gasteiger partial charge in [0, 0.05) is 21.9 Å². The van der Waals surface area contributed by atoms with Crippen molar-refractivity contribution >= 4 is 21.6 Å². The van der Waals surface area contributed by atoms with Crippen molar-refractivity contribution < 1.29 is 13.2 Å². The number of nitrogens with two attached hydrogens (primary N) is 1. The number of hydrogen-bond acceptors (Lipinski definition) is 2. The first-order chi connectivity index (χ1) is 8.38. The first kappa shape index (κ1) is 12.9. The maximum Gasteiger partial charge on any atom is 0.435 e. The minimum absolute atomic E-state index is 0.184. The van der Waals surface area contributed by atoms with Gasteiger partial charge < -0.3 is 5.73 Å². The lowest BCUT2D eigenvalue weighted by Gasteiger charge is -2.08. The van der Waals surface area contributed by atoms with E-state index in [0.29, 0.717) is 11.3 Å².